The van der Waals surface area contributed by atoms with Crippen molar-refractivity contribution < 1.29 is 0 Å². The number of nitrogens with one attached hydrogen (secondary N) is 1. The van der Waals surface area contributed by atoms with Crippen LogP contribution in [0.2, 0.25) is 0 Å². The van der Waals surface area contributed by atoms with Crippen molar-refractivity contribution in [2.45, 2.75) is 19.8 Å². The number of hydrogen-bond donors (Lipinski definition) is 1. The topological polar surface area (TPSA) is 12.0 Å². The molecule has 0 aliphatic carbocycles. The van der Waals surface area contributed by atoms with Crippen molar-refractivity contribution >= 4 is 17.2 Å². The molecule has 1 aliphatic rings. The maximum absolute atomic E-state index is 5.03. The van der Waals surface area contributed by atoms with Crippen LogP contribution in [0.1, 0.15) is 19.8 Å². The molecule has 8 heavy (non-hydrogen) atoms. The summed E-state index contributed by atoms with van der Waals surface area (Å²) in [5.41, 5.74) is 0. The van der Waals surface area contributed by atoms with Crippen LogP contribution in [0.25, 0.3) is 0 Å². The van der Waals surface area contributed by atoms with Crippen LogP contribution in [0, 0.1) is 5.92 Å². The van der Waals surface area contributed by atoms with Crippen LogP contribution < -0.4 is 5.32 Å². The molecule has 1 rings (SSSR count). The van der Waals surface area contributed by atoms with Gasteiger partial charge in [0.15, 0.2) is 0 Å². The largest absolute Gasteiger partial charge is 0.379 e. The van der Waals surface area contributed by atoms with Gasteiger partial charge in [0.1, 0.15) is 0 Å². The molecule has 0 amide bonds. The van der Waals surface area contributed by atoms with E-state index < -0.39 is 0 Å². The first kappa shape index (κ1) is 6.02. The van der Waals surface area contributed by atoms with Crippen molar-refractivity contribution in [2.75, 3.05) is 6.54 Å². The molecule has 0 aromatic carbocycles. The van der Waals surface area contributed by atoms with E-state index in [1.54, 1.807) is 0 Å². The Bertz CT molecular complexity index is 101. The quantitative estimate of drug-likeness (QED) is 0.536. The zero-order valence-corrected chi connectivity index (χ0v) is 5.92. The van der Waals surface area contributed by atoms with Gasteiger partial charge < -0.3 is 5.32 Å². The highest BCUT2D eigenvalue weighted by Gasteiger charge is 2.17. The van der Waals surface area contributed by atoms with E-state index in [0.717, 1.165) is 11.5 Å². The zero-order valence-electron chi connectivity index (χ0n) is 5.11. The third-order valence-electron chi connectivity index (χ3n) is 1.66. The summed E-state index contributed by atoms with van der Waals surface area (Å²) in [4.78, 5) is 1.08. The molecule has 1 fully saturated rings. The van der Waals surface area contributed by atoms with Gasteiger partial charge in [0.2, 0.25) is 0 Å². The second kappa shape index (κ2) is 2.44. The van der Waals surface area contributed by atoms with E-state index in [9.17, 15) is 0 Å². The maximum Gasteiger partial charge on any atom is 0.0785 e. The summed E-state index contributed by atoms with van der Waals surface area (Å²) in [6.07, 6.45) is 2.45. The zero-order chi connectivity index (χ0) is 5.98. The molecule has 0 spiro atoms. The third kappa shape index (κ3) is 0.996. The van der Waals surface area contributed by atoms with Gasteiger partial charge in [0, 0.05) is 12.5 Å². The van der Waals surface area contributed by atoms with Gasteiger partial charge in [0.25, 0.3) is 0 Å². The molecule has 1 atom stereocenters. The normalized spacial score (nSPS) is 28.1. The highest BCUT2D eigenvalue weighted by Crippen LogP contribution is 2.13. The summed E-state index contributed by atoms with van der Waals surface area (Å²) in [5.74, 6) is 0.685. The Morgan fingerprint density at radius 3 is 2.88 bits per heavy atom. The van der Waals surface area contributed by atoms with E-state index in [1.807, 2.05) is 0 Å². The summed E-state index contributed by atoms with van der Waals surface area (Å²) in [7, 11) is 0. The summed E-state index contributed by atoms with van der Waals surface area (Å²) in [5, 5.41) is 3.15. The van der Waals surface area contributed by atoms with E-state index in [-0.39, 0.29) is 0 Å². The first-order valence-electron chi connectivity index (χ1n) is 3.12. The van der Waals surface area contributed by atoms with E-state index in [2.05, 4.69) is 12.2 Å². The second-order valence-corrected chi connectivity index (χ2v) is 2.62. The lowest BCUT2D eigenvalue weighted by Gasteiger charge is -2.01. The fourth-order valence-electron chi connectivity index (χ4n) is 1.03. The van der Waals surface area contributed by atoms with Crippen LogP contribution in [0.15, 0.2) is 0 Å². The van der Waals surface area contributed by atoms with Gasteiger partial charge in [0.05, 0.1) is 4.99 Å². The summed E-state index contributed by atoms with van der Waals surface area (Å²) < 4.78 is 0. The van der Waals surface area contributed by atoms with Crippen LogP contribution >= 0.6 is 12.2 Å². The van der Waals surface area contributed by atoms with Crippen molar-refractivity contribution in [3.8, 4) is 0 Å². The van der Waals surface area contributed by atoms with Gasteiger partial charge in [-0.25, -0.2) is 0 Å². The van der Waals surface area contributed by atoms with Crippen molar-refractivity contribution in [3.63, 3.8) is 0 Å². The Morgan fingerprint density at radius 1 is 1.88 bits per heavy atom. The molecule has 1 heterocycles. The Balaban J connectivity index is 2.42. The summed E-state index contributed by atoms with van der Waals surface area (Å²) >= 11 is 5.03. The van der Waals surface area contributed by atoms with Crippen LogP contribution in [-0.2, 0) is 0 Å². The van der Waals surface area contributed by atoms with Gasteiger partial charge in [-0.05, 0) is 12.8 Å². The van der Waals surface area contributed by atoms with E-state index in [0.29, 0.717) is 5.92 Å². The molecular weight excluding hydrogens is 118 g/mol. The summed E-state index contributed by atoms with van der Waals surface area (Å²) in [6.45, 7) is 3.28. The van der Waals surface area contributed by atoms with Crippen molar-refractivity contribution in [3.05, 3.63) is 0 Å². The average molecular weight is 129 g/mol. The molecular formula is C6H11NS. The fraction of sp³-hybridized carbons (Fsp3) is 0.833. The lowest BCUT2D eigenvalue weighted by Crippen LogP contribution is -2.15. The molecule has 1 saturated heterocycles. The van der Waals surface area contributed by atoms with Crippen LogP contribution in [0.3, 0.4) is 0 Å². The molecule has 2 heteroatoms. The molecule has 0 bridgehead atoms. The highest BCUT2D eigenvalue weighted by atomic mass is 32.1. The molecule has 0 saturated carbocycles. The first-order valence-corrected chi connectivity index (χ1v) is 3.53. The lowest BCUT2D eigenvalue weighted by atomic mass is 10.1. The lowest BCUT2D eigenvalue weighted by molar-refractivity contribution is 0.667. The van der Waals surface area contributed by atoms with Crippen molar-refractivity contribution in [1.29, 1.82) is 0 Å². The summed E-state index contributed by atoms with van der Waals surface area (Å²) in [6, 6.07) is 0. The van der Waals surface area contributed by atoms with Gasteiger partial charge in [-0.15, -0.1) is 0 Å². The molecule has 1 aliphatic heterocycles. The predicted octanol–water partition coefficient (Wildman–Crippen LogP) is 1.33. The highest BCUT2D eigenvalue weighted by molar-refractivity contribution is 7.80. The molecule has 0 aromatic rings. The predicted molar refractivity (Wildman–Crippen MR) is 39.0 cm³/mol. The van der Waals surface area contributed by atoms with Crippen LogP contribution in [0.5, 0.6) is 0 Å². The number of rotatable bonds is 1. The van der Waals surface area contributed by atoms with E-state index >= 15 is 0 Å². The molecule has 0 radical (unpaired) electrons. The third-order valence-corrected chi connectivity index (χ3v) is 2.13. The van der Waals surface area contributed by atoms with Crippen molar-refractivity contribution in [2.24, 2.45) is 5.92 Å². The minimum absolute atomic E-state index is 0.685. The first-order chi connectivity index (χ1) is 3.84. The molecule has 46 valence electrons. The molecule has 1 nitrogen and oxygen atoms in total. The van der Waals surface area contributed by atoms with Crippen molar-refractivity contribution in [1.82, 2.24) is 5.32 Å². The maximum atomic E-state index is 5.03. The van der Waals surface area contributed by atoms with Gasteiger partial charge in [-0.1, -0.05) is 19.1 Å². The molecule has 0 aromatic heterocycles. The minimum Gasteiger partial charge on any atom is -0.379 e. The Labute approximate surface area is 55.5 Å². The molecule has 1 unspecified atom stereocenters. The average Bonchev–Trinajstić information content (AvgIpc) is 2.14. The number of hydrogen-bond acceptors (Lipinski definition) is 1. The smallest absolute Gasteiger partial charge is 0.0785 e. The SMILES string of the molecule is CCC1CCNC1=S. The van der Waals surface area contributed by atoms with Gasteiger partial charge >= 0.3 is 0 Å². The van der Waals surface area contributed by atoms with Gasteiger partial charge in [-0.3, -0.25) is 0 Å². The number of thiocarbonyl (C=S) groups is 1. The van der Waals surface area contributed by atoms with E-state index in [1.165, 1.54) is 12.8 Å². The van der Waals surface area contributed by atoms with Crippen LogP contribution in [-0.4, -0.2) is 11.5 Å². The fourth-order valence-corrected chi connectivity index (χ4v) is 1.42. The van der Waals surface area contributed by atoms with E-state index in [4.69, 9.17) is 12.2 Å². The van der Waals surface area contributed by atoms with Crippen LogP contribution in [0.4, 0.5) is 0 Å². The molecule has 1 N–H and O–H groups in total. The monoisotopic (exact) mass is 129 g/mol. The Kier molecular flexibility index (Phi) is 1.84. The van der Waals surface area contributed by atoms with Gasteiger partial charge in [-0.2, -0.15) is 0 Å². The minimum atomic E-state index is 0.685. The Morgan fingerprint density at radius 2 is 2.62 bits per heavy atom. The standard InChI is InChI=1S/C6H11NS/c1-2-5-3-4-7-6(5)8/h5H,2-4H2,1H3,(H,7,8). The Hall–Kier alpha value is -0.110. The second-order valence-electron chi connectivity index (χ2n) is 2.18.